The maximum Gasteiger partial charge on any atom is 0.246 e. The van der Waals surface area contributed by atoms with Gasteiger partial charge in [0.1, 0.15) is 0 Å². The molecule has 0 radical (unpaired) electrons. The molecule has 6 heteroatoms. The van der Waals surface area contributed by atoms with Crippen molar-refractivity contribution < 1.29 is 13.3 Å². The van der Waals surface area contributed by atoms with E-state index in [1.54, 1.807) is 6.92 Å². The normalized spacial score (nSPS) is 14.4. The van der Waals surface area contributed by atoms with Crippen LogP contribution in [0.1, 0.15) is 32.6 Å². The summed E-state index contributed by atoms with van der Waals surface area (Å²) in [5.41, 5.74) is 5.69. The van der Waals surface area contributed by atoms with Gasteiger partial charge in [-0.2, -0.15) is 4.98 Å². The minimum atomic E-state index is -0.951. The number of rotatable bonds is 4. The molecule has 0 aliphatic heterocycles. The van der Waals surface area contributed by atoms with Gasteiger partial charge >= 0.3 is 0 Å². The van der Waals surface area contributed by atoms with Crippen molar-refractivity contribution >= 4 is 0 Å². The van der Waals surface area contributed by atoms with E-state index in [0.717, 1.165) is 18.6 Å². The van der Waals surface area contributed by atoms with Crippen molar-refractivity contribution in [2.24, 2.45) is 5.73 Å². The van der Waals surface area contributed by atoms with Gasteiger partial charge < -0.3 is 10.3 Å². The Kier molecular flexibility index (Phi) is 3.61. The van der Waals surface area contributed by atoms with Crippen LogP contribution in [0.5, 0.6) is 0 Å². The molecule has 0 saturated carbocycles. The van der Waals surface area contributed by atoms with Gasteiger partial charge in [0.2, 0.25) is 11.7 Å². The first-order chi connectivity index (χ1) is 8.94. The van der Waals surface area contributed by atoms with Crippen molar-refractivity contribution in [1.82, 2.24) is 10.1 Å². The molecule has 0 amide bonds. The van der Waals surface area contributed by atoms with Gasteiger partial charge in [0.05, 0.1) is 5.54 Å². The lowest BCUT2D eigenvalue weighted by molar-refractivity contribution is 0.284. The van der Waals surface area contributed by atoms with Crippen LogP contribution >= 0.6 is 0 Å². The summed E-state index contributed by atoms with van der Waals surface area (Å²) in [6.45, 7) is 3.79. The van der Waals surface area contributed by atoms with Crippen LogP contribution in [0.25, 0.3) is 11.4 Å². The molecule has 1 unspecified atom stereocenters. The molecule has 1 aromatic carbocycles. The highest BCUT2D eigenvalue weighted by Gasteiger charge is 2.27. The summed E-state index contributed by atoms with van der Waals surface area (Å²) >= 11 is 0. The molecule has 2 rings (SSSR count). The van der Waals surface area contributed by atoms with Crippen LogP contribution in [0.4, 0.5) is 8.78 Å². The lowest BCUT2D eigenvalue weighted by Gasteiger charge is -2.18. The van der Waals surface area contributed by atoms with Gasteiger partial charge in [-0.3, -0.25) is 0 Å². The number of nitrogens with zero attached hydrogens (tertiary/aromatic N) is 2. The molecule has 2 aromatic rings. The quantitative estimate of drug-likeness (QED) is 0.924. The zero-order valence-electron chi connectivity index (χ0n) is 10.8. The van der Waals surface area contributed by atoms with Crippen LogP contribution in [0, 0.1) is 11.6 Å². The second kappa shape index (κ2) is 5.05. The van der Waals surface area contributed by atoms with Gasteiger partial charge in [-0.15, -0.1) is 0 Å². The van der Waals surface area contributed by atoms with Gasteiger partial charge in [0, 0.05) is 5.56 Å². The fraction of sp³-hybridized carbons (Fsp3) is 0.385. The first-order valence-electron chi connectivity index (χ1n) is 6.02. The summed E-state index contributed by atoms with van der Waals surface area (Å²) in [4.78, 5) is 4.15. The maximum atomic E-state index is 13.1. The molecule has 1 atom stereocenters. The van der Waals surface area contributed by atoms with Gasteiger partial charge in [-0.1, -0.05) is 18.5 Å². The molecule has 0 fully saturated rings. The predicted molar refractivity (Wildman–Crippen MR) is 66.1 cm³/mol. The Balaban J connectivity index is 2.33. The highest BCUT2D eigenvalue weighted by Crippen LogP contribution is 2.25. The third-order valence-corrected chi connectivity index (χ3v) is 2.86. The van der Waals surface area contributed by atoms with Gasteiger partial charge in [0.25, 0.3) is 0 Å². The van der Waals surface area contributed by atoms with Crippen LogP contribution in [-0.4, -0.2) is 10.1 Å². The molecule has 19 heavy (non-hydrogen) atoms. The van der Waals surface area contributed by atoms with Gasteiger partial charge in [-0.05, 0) is 31.5 Å². The minimum Gasteiger partial charge on any atom is -0.337 e. The van der Waals surface area contributed by atoms with E-state index < -0.39 is 17.2 Å². The number of aromatic nitrogens is 2. The van der Waals surface area contributed by atoms with Crippen molar-refractivity contribution in [2.75, 3.05) is 0 Å². The topological polar surface area (TPSA) is 64.9 Å². The van der Waals surface area contributed by atoms with E-state index in [0.29, 0.717) is 12.0 Å². The van der Waals surface area contributed by atoms with Crippen LogP contribution < -0.4 is 5.73 Å². The van der Waals surface area contributed by atoms with Crippen molar-refractivity contribution in [2.45, 2.75) is 32.2 Å². The number of hydrogen-bond donors (Lipinski definition) is 1. The van der Waals surface area contributed by atoms with Gasteiger partial charge in [0.15, 0.2) is 11.6 Å². The van der Waals surface area contributed by atoms with E-state index in [4.69, 9.17) is 10.3 Å². The third kappa shape index (κ3) is 2.78. The Labute approximate surface area is 109 Å². The summed E-state index contributed by atoms with van der Waals surface area (Å²) < 4.78 is 31.1. The second-order valence-corrected chi connectivity index (χ2v) is 4.72. The zero-order chi connectivity index (χ0) is 14.0. The summed E-state index contributed by atoms with van der Waals surface area (Å²) in [5.74, 6) is -1.38. The largest absolute Gasteiger partial charge is 0.337 e. The molecule has 1 aromatic heterocycles. The standard InChI is InChI=1S/C13H15F2N3O/c1-3-6-13(2,16)12-17-11(18-19-12)8-4-5-9(14)10(15)7-8/h4-5,7H,3,6,16H2,1-2H3. The lowest BCUT2D eigenvalue weighted by atomic mass is 9.98. The van der Waals surface area contributed by atoms with Crippen molar-refractivity contribution in [3.63, 3.8) is 0 Å². The van der Waals surface area contributed by atoms with E-state index >= 15 is 0 Å². The van der Waals surface area contributed by atoms with E-state index in [1.165, 1.54) is 6.07 Å². The number of nitrogens with two attached hydrogens (primary N) is 1. The minimum absolute atomic E-state index is 0.196. The summed E-state index contributed by atoms with van der Waals surface area (Å²) in [7, 11) is 0. The third-order valence-electron chi connectivity index (χ3n) is 2.86. The Bertz CT molecular complexity index is 581. The molecule has 0 bridgehead atoms. The monoisotopic (exact) mass is 267 g/mol. The molecular formula is C13H15F2N3O. The average Bonchev–Trinajstić information content (AvgIpc) is 2.83. The maximum absolute atomic E-state index is 13.1. The molecule has 1 heterocycles. The van der Waals surface area contributed by atoms with Crippen molar-refractivity contribution in [3.8, 4) is 11.4 Å². The number of benzene rings is 1. The summed E-state index contributed by atoms with van der Waals surface area (Å²) in [6, 6.07) is 3.44. The number of halogens is 2. The smallest absolute Gasteiger partial charge is 0.246 e. The summed E-state index contributed by atoms with van der Waals surface area (Å²) in [6.07, 6.45) is 1.56. The van der Waals surface area contributed by atoms with Crippen LogP contribution in [0.3, 0.4) is 0 Å². The second-order valence-electron chi connectivity index (χ2n) is 4.72. The fourth-order valence-corrected chi connectivity index (χ4v) is 1.83. The van der Waals surface area contributed by atoms with E-state index in [2.05, 4.69) is 10.1 Å². The Hall–Kier alpha value is -1.82. The highest BCUT2D eigenvalue weighted by atomic mass is 19.2. The molecule has 4 nitrogen and oxygen atoms in total. The fourth-order valence-electron chi connectivity index (χ4n) is 1.83. The molecule has 0 spiro atoms. The van der Waals surface area contributed by atoms with Crippen LogP contribution in [0.2, 0.25) is 0 Å². The summed E-state index contributed by atoms with van der Waals surface area (Å²) in [5, 5.41) is 3.75. The SMILES string of the molecule is CCCC(C)(N)c1nc(-c2ccc(F)c(F)c2)no1. The number of hydrogen-bond acceptors (Lipinski definition) is 4. The highest BCUT2D eigenvalue weighted by molar-refractivity contribution is 5.54. The molecule has 0 saturated heterocycles. The Morgan fingerprint density at radius 3 is 2.68 bits per heavy atom. The molecule has 2 N–H and O–H groups in total. The van der Waals surface area contributed by atoms with E-state index in [9.17, 15) is 8.78 Å². The van der Waals surface area contributed by atoms with Crippen molar-refractivity contribution in [3.05, 3.63) is 35.7 Å². The molecule has 102 valence electrons. The molecular weight excluding hydrogens is 252 g/mol. The first-order valence-corrected chi connectivity index (χ1v) is 6.02. The Morgan fingerprint density at radius 1 is 1.32 bits per heavy atom. The van der Waals surface area contributed by atoms with Crippen molar-refractivity contribution in [1.29, 1.82) is 0 Å². The van der Waals surface area contributed by atoms with Crippen LogP contribution in [-0.2, 0) is 5.54 Å². The average molecular weight is 267 g/mol. The zero-order valence-corrected chi connectivity index (χ0v) is 10.8. The Morgan fingerprint density at radius 2 is 2.05 bits per heavy atom. The predicted octanol–water partition coefficient (Wildman–Crippen LogP) is 2.99. The van der Waals surface area contributed by atoms with E-state index in [1.807, 2.05) is 6.92 Å². The van der Waals surface area contributed by atoms with Crippen LogP contribution in [0.15, 0.2) is 22.7 Å². The lowest BCUT2D eigenvalue weighted by Crippen LogP contribution is -2.33. The first kappa shape index (κ1) is 13.6. The van der Waals surface area contributed by atoms with E-state index in [-0.39, 0.29) is 11.7 Å². The van der Waals surface area contributed by atoms with Gasteiger partial charge in [-0.25, -0.2) is 8.78 Å². The molecule has 0 aliphatic carbocycles. The molecule has 0 aliphatic rings.